The van der Waals surface area contributed by atoms with E-state index in [0.717, 1.165) is 0 Å². The van der Waals surface area contributed by atoms with Crippen LogP contribution in [0, 0.1) is 0 Å². The molecule has 0 rings (SSSR count). The number of aliphatic hydroxyl groups is 1. The van der Waals surface area contributed by atoms with Crippen LogP contribution in [-0.4, -0.2) is 23.5 Å². The van der Waals surface area contributed by atoms with Crippen molar-refractivity contribution >= 4 is 12.3 Å². The van der Waals surface area contributed by atoms with E-state index in [-0.39, 0.29) is 36.0 Å². The van der Waals surface area contributed by atoms with E-state index in [4.69, 9.17) is 5.11 Å². The van der Waals surface area contributed by atoms with Gasteiger partial charge in [-0.15, -0.1) is 0 Å². The summed E-state index contributed by atoms with van der Waals surface area (Å²) in [5, 5.41) is 18.7. The Balaban J connectivity index is 0. The molecule has 1 N–H and O–H groups in total. The molecule has 0 heterocycles. The van der Waals surface area contributed by atoms with Crippen LogP contribution in [0.1, 0.15) is 32.1 Å². The quantitative estimate of drug-likeness (QED) is 0.258. The Bertz CT molecular complexity index is 149. The largest absolute Gasteiger partial charge is 1.00 e. The van der Waals surface area contributed by atoms with Crippen LogP contribution in [0.3, 0.4) is 0 Å². The second-order valence-corrected chi connectivity index (χ2v) is 2.67. The fourth-order valence-electron chi connectivity index (χ4n) is 0.868. The van der Waals surface area contributed by atoms with E-state index >= 15 is 0 Å². The monoisotopic (exact) mass is 196 g/mol. The molecule has 0 aliphatic carbocycles. The van der Waals surface area contributed by atoms with Gasteiger partial charge in [-0.1, -0.05) is 12.8 Å². The summed E-state index contributed by atoms with van der Waals surface area (Å²) in [6.07, 6.45) is 1.99. The summed E-state index contributed by atoms with van der Waals surface area (Å²) >= 11 is 0. The van der Waals surface area contributed by atoms with E-state index in [1.54, 1.807) is 0 Å². The molecule has 0 fully saturated rings. The Labute approximate surface area is 99.6 Å². The molecule has 0 aliphatic heterocycles. The molecule has 5 heteroatoms. The molecule has 0 spiro atoms. The van der Waals surface area contributed by atoms with Crippen molar-refractivity contribution in [2.24, 2.45) is 0 Å². The molecule has 0 aliphatic rings. The smallest absolute Gasteiger partial charge is 0.550 e. The van der Waals surface area contributed by atoms with Gasteiger partial charge in [-0.25, -0.2) is 0 Å². The number of carboxylic acid groups (broad SMARTS) is 1. The van der Waals surface area contributed by atoms with Gasteiger partial charge in [0.25, 0.3) is 0 Å². The molecule has 0 bridgehead atoms. The summed E-state index contributed by atoms with van der Waals surface area (Å²) in [5.74, 6) is -1.05. The zero-order valence-corrected chi connectivity index (χ0v) is 9.86. The van der Waals surface area contributed by atoms with Crippen LogP contribution in [0.25, 0.3) is 0 Å². The molecule has 1 atom stereocenters. The number of hydrogen-bond donors (Lipinski definition) is 1. The van der Waals surface area contributed by atoms with Gasteiger partial charge in [0.15, 0.2) is 0 Å². The number of unbranched alkanes of at least 4 members (excludes halogenated alkanes) is 2. The number of aliphatic carboxylic acids is 1. The number of rotatable bonds is 7. The van der Waals surface area contributed by atoms with Crippen molar-refractivity contribution in [3.05, 3.63) is 0 Å². The number of carboxylic acids is 1. The average molecular weight is 196 g/mol. The first kappa shape index (κ1) is 15.6. The van der Waals surface area contributed by atoms with Gasteiger partial charge < -0.3 is 19.8 Å². The van der Waals surface area contributed by atoms with Gasteiger partial charge in [0.05, 0.1) is 0 Å². The van der Waals surface area contributed by atoms with Crippen LogP contribution in [0.15, 0.2) is 0 Å². The molecule has 0 aromatic heterocycles. The molecule has 70 valence electrons. The summed E-state index contributed by atoms with van der Waals surface area (Å²) in [5.41, 5.74) is 0. The van der Waals surface area contributed by atoms with Crippen LogP contribution >= 0.6 is 0 Å². The second kappa shape index (κ2) is 10.2. The van der Waals surface area contributed by atoms with Crippen molar-refractivity contribution in [2.45, 2.75) is 38.2 Å². The maximum Gasteiger partial charge on any atom is 1.00 e. The second-order valence-electron chi connectivity index (χ2n) is 2.67. The predicted octanol–water partition coefficient (Wildman–Crippen LogP) is -3.75. The molecular weight excluding hydrogens is 183 g/mol. The van der Waals surface area contributed by atoms with Crippen LogP contribution < -0.4 is 34.7 Å². The molecular formula is C8H13NaO4. The summed E-state index contributed by atoms with van der Waals surface area (Å²) in [6, 6.07) is 0. The number of carbonyl (C=O) groups is 2. The van der Waals surface area contributed by atoms with Crippen molar-refractivity contribution < 1.29 is 49.4 Å². The zero-order valence-electron chi connectivity index (χ0n) is 7.86. The van der Waals surface area contributed by atoms with Crippen molar-refractivity contribution in [3.8, 4) is 0 Å². The summed E-state index contributed by atoms with van der Waals surface area (Å²) in [6.45, 7) is 0. The van der Waals surface area contributed by atoms with Gasteiger partial charge in [-0.05, 0) is 19.3 Å². The van der Waals surface area contributed by atoms with Crippen molar-refractivity contribution in [2.75, 3.05) is 0 Å². The van der Waals surface area contributed by atoms with Crippen LogP contribution in [0.5, 0.6) is 0 Å². The Morgan fingerprint density at radius 2 is 2.00 bits per heavy atom. The number of aliphatic hydroxyl groups excluding tert-OH is 1. The van der Waals surface area contributed by atoms with Gasteiger partial charge >= 0.3 is 29.6 Å². The Morgan fingerprint density at radius 3 is 2.46 bits per heavy atom. The predicted molar refractivity (Wildman–Crippen MR) is 40.2 cm³/mol. The minimum absolute atomic E-state index is 0. The molecule has 0 saturated carbocycles. The normalized spacial score (nSPS) is 11.5. The zero-order chi connectivity index (χ0) is 9.40. The minimum Gasteiger partial charge on any atom is -0.550 e. The molecule has 0 radical (unpaired) electrons. The maximum atomic E-state index is 9.94. The third-order valence-electron chi connectivity index (χ3n) is 1.54. The van der Waals surface area contributed by atoms with Crippen LogP contribution in [-0.2, 0) is 9.59 Å². The van der Waals surface area contributed by atoms with E-state index in [2.05, 4.69) is 0 Å². The fraction of sp³-hybridized carbons (Fsp3) is 0.750. The number of hydrogen-bond acceptors (Lipinski definition) is 4. The summed E-state index contributed by atoms with van der Waals surface area (Å²) < 4.78 is 0. The van der Waals surface area contributed by atoms with E-state index in [1.165, 1.54) is 0 Å². The molecule has 13 heavy (non-hydrogen) atoms. The van der Waals surface area contributed by atoms with Crippen molar-refractivity contribution in [1.82, 2.24) is 0 Å². The van der Waals surface area contributed by atoms with Crippen molar-refractivity contribution in [1.29, 1.82) is 0 Å². The van der Waals surface area contributed by atoms with Gasteiger partial charge in [-0.3, -0.25) is 0 Å². The van der Waals surface area contributed by atoms with E-state index in [9.17, 15) is 14.7 Å². The Morgan fingerprint density at radius 1 is 1.38 bits per heavy atom. The average Bonchev–Trinajstić information content (AvgIpc) is 2.03. The number of carbonyl (C=O) groups excluding carboxylic acids is 2. The van der Waals surface area contributed by atoms with Gasteiger partial charge in [0, 0.05) is 5.97 Å². The third-order valence-corrected chi connectivity index (χ3v) is 1.54. The molecule has 0 amide bonds. The molecule has 4 nitrogen and oxygen atoms in total. The topological polar surface area (TPSA) is 77.4 Å². The Hall–Kier alpha value is 0.100. The van der Waals surface area contributed by atoms with Gasteiger partial charge in [-0.2, -0.15) is 0 Å². The Kier molecular flexibility index (Phi) is 12.2. The first-order chi connectivity index (χ1) is 5.66. The molecule has 0 aromatic carbocycles. The standard InChI is InChI=1S/C8H14O4.Na/c9-6-7(10)4-2-1-3-5-8(11)12;/h6-7,10H,1-5H2,(H,11,12);/q;+1/p-1. The first-order valence-corrected chi connectivity index (χ1v) is 4.00. The van der Waals surface area contributed by atoms with Crippen LogP contribution in [0.4, 0.5) is 0 Å². The van der Waals surface area contributed by atoms with Crippen LogP contribution in [0.2, 0.25) is 0 Å². The minimum atomic E-state index is -1.05. The number of aldehydes is 1. The summed E-state index contributed by atoms with van der Waals surface area (Å²) in [4.78, 5) is 19.9. The fourth-order valence-corrected chi connectivity index (χ4v) is 0.868. The van der Waals surface area contributed by atoms with Crippen molar-refractivity contribution in [3.63, 3.8) is 0 Å². The van der Waals surface area contributed by atoms with E-state index in [1.807, 2.05) is 0 Å². The maximum absolute atomic E-state index is 9.94. The van der Waals surface area contributed by atoms with Gasteiger partial charge in [0.1, 0.15) is 12.4 Å². The summed E-state index contributed by atoms with van der Waals surface area (Å²) in [7, 11) is 0. The van der Waals surface area contributed by atoms with E-state index < -0.39 is 12.1 Å². The first-order valence-electron chi connectivity index (χ1n) is 4.00. The molecule has 0 aromatic rings. The van der Waals surface area contributed by atoms with E-state index in [0.29, 0.717) is 32.0 Å². The van der Waals surface area contributed by atoms with Gasteiger partial charge in [0.2, 0.25) is 0 Å². The molecule has 0 saturated heterocycles. The third kappa shape index (κ3) is 12.1. The SMILES string of the molecule is O=CC(O)CCCCCC(=O)[O-].[Na+]. The molecule has 1 unspecified atom stereocenters.